The molecular weight excluding hydrogens is 146 g/mol. The molecule has 0 aromatic rings. The lowest BCUT2D eigenvalue weighted by molar-refractivity contribution is 0.358. The van der Waals surface area contributed by atoms with Crippen LogP contribution in [0.2, 0.25) is 12.1 Å². The third kappa shape index (κ3) is 4.69. The van der Waals surface area contributed by atoms with Gasteiger partial charge in [0.1, 0.15) is 0 Å². The Morgan fingerprint density at radius 2 is 2.20 bits per heavy atom. The molecule has 0 rings (SSSR count). The van der Waals surface area contributed by atoms with Crippen molar-refractivity contribution in [3.63, 3.8) is 0 Å². The maximum absolute atomic E-state index is 9.23. The highest BCUT2D eigenvalue weighted by molar-refractivity contribution is 6.65. The van der Waals surface area contributed by atoms with Crippen molar-refractivity contribution in [1.29, 1.82) is 0 Å². The highest BCUT2D eigenvalue weighted by atomic mass is 28.4. The molecule has 1 unspecified atom stereocenters. The van der Waals surface area contributed by atoms with Crippen molar-refractivity contribution in [3.05, 3.63) is 12.7 Å². The smallest absolute Gasteiger partial charge is 0.338 e. The fourth-order valence-corrected chi connectivity index (χ4v) is 2.49. The molecule has 60 valence electrons. The average Bonchev–Trinajstić information content (AvgIpc) is 1.59. The van der Waals surface area contributed by atoms with Gasteiger partial charge in [0.05, 0.1) is 0 Å². The van der Waals surface area contributed by atoms with Gasteiger partial charge in [-0.3, -0.25) is 0 Å². The SMILES string of the molecule is C=CC[Si](O)(O)CC(C)N. The fourth-order valence-electron chi connectivity index (χ4n) is 0.830. The summed E-state index contributed by atoms with van der Waals surface area (Å²) in [5.74, 6) is 0. The summed E-state index contributed by atoms with van der Waals surface area (Å²) in [6, 6.07) is 0.481. The van der Waals surface area contributed by atoms with Crippen molar-refractivity contribution in [1.82, 2.24) is 0 Å². The zero-order valence-electron chi connectivity index (χ0n) is 6.25. The van der Waals surface area contributed by atoms with Crippen LogP contribution in [-0.2, 0) is 0 Å². The van der Waals surface area contributed by atoms with E-state index in [1.807, 2.05) is 0 Å². The van der Waals surface area contributed by atoms with E-state index in [2.05, 4.69) is 6.58 Å². The zero-order chi connectivity index (χ0) is 8.20. The van der Waals surface area contributed by atoms with Crippen LogP contribution < -0.4 is 5.73 Å². The van der Waals surface area contributed by atoms with Crippen LogP contribution in [0.4, 0.5) is 0 Å². The molecule has 0 aromatic heterocycles. The summed E-state index contributed by atoms with van der Waals surface area (Å²) < 4.78 is 0. The normalized spacial score (nSPS) is 14.8. The first-order valence-electron chi connectivity index (χ1n) is 3.29. The van der Waals surface area contributed by atoms with Gasteiger partial charge in [0, 0.05) is 18.1 Å². The van der Waals surface area contributed by atoms with Gasteiger partial charge in [0.15, 0.2) is 0 Å². The quantitative estimate of drug-likeness (QED) is 0.400. The van der Waals surface area contributed by atoms with Gasteiger partial charge in [-0.05, 0) is 0 Å². The molecule has 0 saturated carbocycles. The third-order valence-corrected chi connectivity index (χ3v) is 3.36. The lowest BCUT2D eigenvalue weighted by Crippen LogP contribution is -2.39. The molecule has 0 aliphatic heterocycles. The first kappa shape index (κ1) is 9.84. The predicted octanol–water partition coefficient (Wildman–Crippen LogP) is -0.0536. The van der Waals surface area contributed by atoms with E-state index in [-0.39, 0.29) is 6.04 Å². The molecule has 0 radical (unpaired) electrons. The Hall–Kier alpha value is -0.163. The molecule has 0 aliphatic rings. The van der Waals surface area contributed by atoms with E-state index in [0.29, 0.717) is 12.1 Å². The largest absolute Gasteiger partial charge is 0.410 e. The number of hydrogen-bond donors (Lipinski definition) is 3. The van der Waals surface area contributed by atoms with Crippen LogP contribution in [-0.4, -0.2) is 24.2 Å². The van der Waals surface area contributed by atoms with Crippen molar-refractivity contribution in [2.75, 3.05) is 0 Å². The molecule has 0 saturated heterocycles. The van der Waals surface area contributed by atoms with Crippen molar-refractivity contribution < 1.29 is 9.59 Å². The van der Waals surface area contributed by atoms with Gasteiger partial charge in [0.2, 0.25) is 0 Å². The Kier molecular flexibility index (Phi) is 3.81. The van der Waals surface area contributed by atoms with Crippen LogP contribution >= 0.6 is 0 Å². The minimum atomic E-state index is -3.01. The maximum Gasteiger partial charge on any atom is 0.338 e. The molecule has 0 fully saturated rings. The Morgan fingerprint density at radius 3 is 2.50 bits per heavy atom. The van der Waals surface area contributed by atoms with Gasteiger partial charge in [-0.25, -0.2) is 0 Å². The summed E-state index contributed by atoms with van der Waals surface area (Å²) in [4.78, 5) is 18.5. The summed E-state index contributed by atoms with van der Waals surface area (Å²) in [6.07, 6.45) is 1.52. The van der Waals surface area contributed by atoms with Gasteiger partial charge >= 0.3 is 8.56 Å². The summed E-state index contributed by atoms with van der Waals surface area (Å²) >= 11 is 0. The average molecular weight is 161 g/mol. The van der Waals surface area contributed by atoms with Gasteiger partial charge < -0.3 is 15.3 Å². The molecule has 0 aliphatic carbocycles. The van der Waals surface area contributed by atoms with E-state index < -0.39 is 8.56 Å². The van der Waals surface area contributed by atoms with Gasteiger partial charge in [-0.2, -0.15) is 0 Å². The second kappa shape index (κ2) is 3.87. The van der Waals surface area contributed by atoms with Crippen molar-refractivity contribution in [2.45, 2.75) is 25.1 Å². The minimum Gasteiger partial charge on any atom is -0.410 e. The van der Waals surface area contributed by atoms with Crippen LogP contribution in [0.15, 0.2) is 12.7 Å². The van der Waals surface area contributed by atoms with Gasteiger partial charge in [0.25, 0.3) is 0 Å². The van der Waals surface area contributed by atoms with E-state index >= 15 is 0 Å². The third-order valence-electron chi connectivity index (χ3n) is 1.12. The molecule has 0 bridgehead atoms. The van der Waals surface area contributed by atoms with Crippen LogP contribution in [0.3, 0.4) is 0 Å². The number of nitrogens with two attached hydrogens (primary N) is 1. The Labute approximate surface area is 62.4 Å². The molecule has 10 heavy (non-hydrogen) atoms. The van der Waals surface area contributed by atoms with E-state index in [1.54, 1.807) is 6.92 Å². The van der Waals surface area contributed by atoms with Gasteiger partial charge in [-0.1, -0.05) is 13.0 Å². The lowest BCUT2D eigenvalue weighted by Gasteiger charge is -2.17. The van der Waals surface area contributed by atoms with Crippen LogP contribution in [0, 0.1) is 0 Å². The van der Waals surface area contributed by atoms with E-state index in [1.165, 1.54) is 6.08 Å². The molecule has 4 heteroatoms. The Morgan fingerprint density at radius 1 is 1.70 bits per heavy atom. The highest BCUT2D eigenvalue weighted by Crippen LogP contribution is 2.09. The predicted molar refractivity (Wildman–Crippen MR) is 43.7 cm³/mol. The number of rotatable bonds is 4. The molecule has 0 heterocycles. The molecule has 0 aromatic carbocycles. The maximum atomic E-state index is 9.23. The first-order chi connectivity index (χ1) is 4.48. The Bertz CT molecular complexity index is 114. The number of allylic oxidation sites excluding steroid dienone is 1. The monoisotopic (exact) mass is 161 g/mol. The van der Waals surface area contributed by atoms with Crippen molar-refractivity contribution in [2.24, 2.45) is 5.73 Å². The number of hydrogen-bond acceptors (Lipinski definition) is 3. The first-order valence-corrected chi connectivity index (χ1v) is 5.60. The summed E-state index contributed by atoms with van der Waals surface area (Å²) in [5.41, 5.74) is 5.39. The standard InChI is InChI=1S/C6H15NO2Si/c1-3-4-10(8,9)5-6(2)7/h3,6,8-9H,1,4-5,7H2,2H3. The van der Waals surface area contributed by atoms with E-state index in [0.717, 1.165) is 0 Å². The van der Waals surface area contributed by atoms with Crippen LogP contribution in [0.5, 0.6) is 0 Å². The minimum absolute atomic E-state index is 0.137. The zero-order valence-corrected chi connectivity index (χ0v) is 7.25. The summed E-state index contributed by atoms with van der Waals surface area (Å²) in [7, 11) is -3.01. The molecule has 0 amide bonds. The van der Waals surface area contributed by atoms with Crippen LogP contribution in [0.25, 0.3) is 0 Å². The second-order valence-electron chi connectivity index (χ2n) is 2.66. The Balaban J connectivity index is 3.73. The van der Waals surface area contributed by atoms with E-state index in [4.69, 9.17) is 5.73 Å². The highest BCUT2D eigenvalue weighted by Gasteiger charge is 2.28. The molecule has 4 N–H and O–H groups in total. The molecule has 0 spiro atoms. The molecule has 1 atom stereocenters. The molecule has 3 nitrogen and oxygen atoms in total. The lowest BCUT2D eigenvalue weighted by atomic mass is 10.4. The van der Waals surface area contributed by atoms with Crippen LogP contribution in [0.1, 0.15) is 6.92 Å². The van der Waals surface area contributed by atoms with Crippen molar-refractivity contribution >= 4 is 8.56 Å². The summed E-state index contributed by atoms with van der Waals surface area (Å²) in [5, 5.41) is 0. The van der Waals surface area contributed by atoms with Crippen molar-refractivity contribution in [3.8, 4) is 0 Å². The second-order valence-corrected chi connectivity index (χ2v) is 5.44. The molecular formula is C6H15NO2Si. The van der Waals surface area contributed by atoms with E-state index in [9.17, 15) is 9.59 Å². The summed E-state index contributed by atoms with van der Waals surface area (Å²) in [6.45, 7) is 5.19. The van der Waals surface area contributed by atoms with Gasteiger partial charge in [-0.15, -0.1) is 6.58 Å². The fraction of sp³-hybridized carbons (Fsp3) is 0.667. The topological polar surface area (TPSA) is 66.5 Å².